The monoisotopic (exact) mass is 245 g/mol. The summed E-state index contributed by atoms with van der Waals surface area (Å²) in [6.45, 7) is 9.65. The molecule has 2 rings (SSSR count). The number of aromatic nitrogens is 3. The zero-order valence-corrected chi connectivity index (χ0v) is 11.6. The number of ketones is 1. The van der Waals surface area contributed by atoms with Gasteiger partial charge in [0.05, 0.1) is 17.1 Å². The topological polar surface area (TPSA) is 47.8 Å². The Morgan fingerprint density at radius 1 is 1.39 bits per heavy atom. The van der Waals surface area contributed by atoms with Gasteiger partial charge in [-0.3, -0.25) is 9.78 Å². The van der Waals surface area contributed by atoms with Crippen molar-refractivity contribution in [3.8, 4) is 0 Å². The number of rotatable bonds is 3. The Morgan fingerprint density at radius 2 is 2.06 bits per heavy atom. The van der Waals surface area contributed by atoms with Crippen molar-refractivity contribution in [3.05, 3.63) is 24.3 Å². The van der Waals surface area contributed by atoms with Crippen molar-refractivity contribution in [2.24, 2.45) is 0 Å². The predicted molar refractivity (Wildman–Crippen MR) is 71.6 cm³/mol. The first-order chi connectivity index (χ1) is 8.35. The molecule has 0 amide bonds. The van der Waals surface area contributed by atoms with E-state index in [1.54, 1.807) is 19.3 Å². The summed E-state index contributed by atoms with van der Waals surface area (Å²) in [5.41, 5.74) is 1.29. The molecule has 2 aromatic rings. The molecule has 0 aliphatic carbocycles. The summed E-state index contributed by atoms with van der Waals surface area (Å²) in [6, 6.07) is 2.20. The van der Waals surface area contributed by atoms with Crippen LogP contribution in [0.1, 0.15) is 46.5 Å². The molecule has 0 N–H and O–H groups in total. The standard InChI is InChI=1S/C14H19N3O/c1-9(2)17-12-6-7-15-8-11(12)16-13(17)14(4,5)10(3)18/h6-9H,1-5H3. The number of carbonyl (C=O) groups is 1. The van der Waals surface area contributed by atoms with Crippen molar-refractivity contribution < 1.29 is 4.79 Å². The van der Waals surface area contributed by atoms with E-state index in [0.717, 1.165) is 16.9 Å². The molecule has 0 fully saturated rings. The largest absolute Gasteiger partial charge is 0.325 e. The lowest BCUT2D eigenvalue weighted by Crippen LogP contribution is -2.31. The molecule has 96 valence electrons. The minimum Gasteiger partial charge on any atom is -0.325 e. The molecule has 0 saturated carbocycles. The van der Waals surface area contributed by atoms with Crippen molar-refractivity contribution in [2.45, 2.75) is 46.1 Å². The van der Waals surface area contributed by atoms with Crippen molar-refractivity contribution in [1.82, 2.24) is 14.5 Å². The second kappa shape index (κ2) is 4.19. The van der Waals surface area contributed by atoms with Gasteiger partial charge in [0.15, 0.2) is 0 Å². The molecule has 0 aromatic carbocycles. The van der Waals surface area contributed by atoms with Crippen molar-refractivity contribution in [2.75, 3.05) is 0 Å². The summed E-state index contributed by atoms with van der Waals surface area (Å²) in [6.07, 6.45) is 3.50. The summed E-state index contributed by atoms with van der Waals surface area (Å²) in [5, 5.41) is 0. The Bertz CT molecular complexity index is 596. The van der Waals surface area contributed by atoms with Crippen molar-refractivity contribution >= 4 is 16.8 Å². The van der Waals surface area contributed by atoms with Crippen LogP contribution in [0.2, 0.25) is 0 Å². The second-order valence-corrected chi connectivity index (χ2v) is 5.44. The van der Waals surface area contributed by atoms with Gasteiger partial charge in [-0.25, -0.2) is 4.98 Å². The van der Waals surface area contributed by atoms with Crippen LogP contribution in [-0.4, -0.2) is 20.3 Å². The number of carbonyl (C=O) groups excluding carboxylic acids is 1. The molecule has 4 heteroatoms. The van der Waals surface area contributed by atoms with E-state index in [1.807, 2.05) is 19.9 Å². The Balaban J connectivity index is 2.78. The van der Waals surface area contributed by atoms with Gasteiger partial charge in [-0.1, -0.05) is 0 Å². The number of nitrogens with zero attached hydrogens (tertiary/aromatic N) is 3. The van der Waals surface area contributed by atoms with E-state index in [9.17, 15) is 4.79 Å². The Kier molecular flexibility index (Phi) is 2.97. The zero-order chi connectivity index (χ0) is 13.5. The number of Topliss-reactive ketones (excluding diaryl/α,β-unsaturated/α-hetero) is 1. The maximum absolute atomic E-state index is 11.8. The highest BCUT2D eigenvalue weighted by molar-refractivity contribution is 5.87. The first kappa shape index (κ1) is 12.7. The maximum Gasteiger partial charge on any atom is 0.142 e. The molecular formula is C14H19N3O. The molecule has 2 aromatic heterocycles. The van der Waals surface area contributed by atoms with Gasteiger partial charge in [0, 0.05) is 12.2 Å². The van der Waals surface area contributed by atoms with Gasteiger partial charge in [-0.05, 0) is 40.7 Å². The van der Waals surface area contributed by atoms with Crippen LogP contribution in [0.15, 0.2) is 18.5 Å². The van der Waals surface area contributed by atoms with Crippen LogP contribution in [-0.2, 0) is 10.2 Å². The molecular weight excluding hydrogens is 226 g/mol. The fourth-order valence-corrected chi connectivity index (χ4v) is 2.07. The average Bonchev–Trinajstić information content (AvgIpc) is 2.68. The molecule has 0 unspecified atom stereocenters. The van der Waals surface area contributed by atoms with E-state index in [1.165, 1.54) is 0 Å². The van der Waals surface area contributed by atoms with Gasteiger partial charge in [-0.15, -0.1) is 0 Å². The van der Waals surface area contributed by atoms with E-state index in [4.69, 9.17) is 0 Å². The summed E-state index contributed by atoms with van der Waals surface area (Å²) < 4.78 is 2.12. The summed E-state index contributed by atoms with van der Waals surface area (Å²) in [5.74, 6) is 0.931. The Morgan fingerprint density at radius 3 is 2.61 bits per heavy atom. The van der Waals surface area contributed by atoms with Crippen molar-refractivity contribution in [1.29, 1.82) is 0 Å². The van der Waals surface area contributed by atoms with Gasteiger partial charge in [0.2, 0.25) is 0 Å². The van der Waals surface area contributed by atoms with Gasteiger partial charge >= 0.3 is 0 Å². The molecule has 0 aliphatic heterocycles. The molecule has 0 spiro atoms. The number of fused-ring (bicyclic) bond motifs is 1. The minimum absolute atomic E-state index is 0.118. The van der Waals surface area contributed by atoms with Crippen LogP contribution in [0.4, 0.5) is 0 Å². The normalized spacial score (nSPS) is 12.3. The lowest BCUT2D eigenvalue weighted by molar-refractivity contribution is -0.121. The fraction of sp³-hybridized carbons (Fsp3) is 0.500. The number of hydrogen-bond acceptors (Lipinski definition) is 3. The minimum atomic E-state index is -0.580. The molecule has 0 atom stereocenters. The van der Waals surface area contributed by atoms with Crippen LogP contribution in [0.5, 0.6) is 0 Å². The van der Waals surface area contributed by atoms with E-state index in [0.29, 0.717) is 0 Å². The average molecular weight is 245 g/mol. The first-order valence-corrected chi connectivity index (χ1v) is 6.19. The lowest BCUT2D eigenvalue weighted by atomic mass is 9.87. The molecule has 18 heavy (non-hydrogen) atoms. The van der Waals surface area contributed by atoms with Crippen LogP contribution < -0.4 is 0 Å². The molecule has 0 radical (unpaired) electrons. The molecule has 0 saturated heterocycles. The highest BCUT2D eigenvalue weighted by Crippen LogP contribution is 2.30. The fourth-order valence-electron chi connectivity index (χ4n) is 2.07. The zero-order valence-electron chi connectivity index (χ0n) is 11.6. The molecule has 0 bridgehead atoms. The maximum atomic E-state index is 11.8. The second-order valence-electron chi connectivity index (χ2n) is 5.44. The first-order valence-electron chi connectivity index (χ1n) is 6.19. The quantitative estimate of drug-likeness (QED) is 0.835. The van der Waals surface area contributed by atoms with E-state index < -0.39 is 5.41 Å². The Labute approximate surface area is 107 Å². The highest BCUT2D eigenvalue weighted by Gasteiger charge is 2.32. The van der Waals surface area contributed by atoms with Crippen LogP contribution in [0.3, 0.4) is 0 Å². The third-order valence-electron chi connectivity index (χ3n) is 3.45. The van der Waals surface area contributed by atoms with Crippen LogP contribution in [0.25, 0.3) is 11.0 Å². The molecule has 4 nitrogen and oxygen atoms in total. The number of pyridine rings is 1. The highest BCUT2D eigenvalue weighted by atomic mass is 16.1. The summed E-state index contributed by atoms with van der Waals surface area (Å²) in [7, 11) is 0. The van der Waals surface area contributed by atoms with E-state index in [2.05, 4.69) is 28.4 Å². The third-order valence-corrected chi connectivity index (χ3v) is 3.45. The molecule has 0 aliphatic rings. The summed E-state index contributed by atoms with van der Waals surface area (Å²) in [4.78, 5) is 20.5. The van der Waals surface area contributed by atoms with E-state index in [-0.39, 0.29) is 11.8 Å². The molecule has 2 heterocycles. The van der Waals surface area contributed by atoms with Crippen molar-refractivity contribution in [3.63, 3.8) is 0 Å². The third kappa shape index (κ3) is 1.82. The smallest absolute Gasteiger partial charge is 0.142 e. The van der Waals surface area contributed by atoms with Gasteiger partial charge in [-0.2, -0.15) is 0 Å². The summed E-state index contributed by atoms with van der Waals surface area (Å²) >= 11 is 0. The lowest BCUT2D eigenvalue weighted by Gasteiger charge is -2.24. The van der Waals surface area contributed by atoms with Crippen LogP contribution in [0, 0.1) is 0 Å². The van der Waals surface area contributed by atoms with E-state index >= 15 is 0 Å². The van der Waals surface area contributed by atoms with Crippen LogP contribution >= 0.6 is 0 Å². The van der Waals surface area contributed by atoms with Gasteiger partial charge < -0.3 is 4.57 Å². The van der Waals surface area contributed by atoms with Gasteiger partial charge in [0.25, 0.3) is 0 Å². The Hall–Kier alpha value is -1.71. The number of hydrogen-bond donors (Lipinski definition) is 0. The number of imidazole rings is 1. The van der Waals surface area contributed by atoms with Gasteiger partial charge in [0.1, 0.15) is 17.1 Å². The predicted octanol–water partition coefficient (Wildman–Crippen LogP) is 2.88. The SMILES string of the molecule is CC(=O)C(C)(C)c1nc2cnccc2n1C(C)C.